The minimum absolute atomic E-state index is 0.0118. The van der Waals surface area contributed by atoms with Crippen LogP contribution in [0.2, 0.25) is 0 Å². The van der Waals surface area contributed by atoms with Gasteiger partial charge in [0.25, 0.3) is 0 Å². The molecule has 0 aliphatic carbocycles. The topological polar surface area (TPSA) is 86.7 Å². The molecule has 2 aliphatic heterocycles. The van der Waals surface area contributed by atoms with Gasteiger partial charge in [0.2, 0.25) is 5.91 Å². The smallest absolute Gasteiger partial charge is 0.224 e. The molecule has 0 aromatic carbocycles. The van der Waals surface area contributed by atoms with E-state index in [9.17, 15) is 13.2 Å². The Morgan fingerprint density at radius 2 is 2.22 bits per heavy atom. The Balaban J connectivity index is 1.91. The molecule has 0 radical (unpaired) electrons. The molecular weight excluding hydrogens is 256 g/mol. The van der Waals surface area contributed by atoms with Crippen molar-refractivity contribution in [2.24, 2.45) is 0 Å². The van der Waals surface area contributed by atoms with Crippen LogP contribution in [-0.2, 0) is 14.6 Å². The molecule has 0 aromatic heterocycles. The van der Waals surface area contributed by atoms with Crippen molar-refractivity contribution in [1.82, 2.24) is 10.2 Å². The molecule has 2 N–H and O–H groups in total. The highest BCUT2D eigenvalue weighted by Crippen LogP contribution is 2.18. The fraction of sp³-hybridized carbons (Fsp3) is 0.909. The third-order valence-corrected chi connectivity index (χ3v) is 5.37. The lowest BCUT2D eigenvalue weighted by Crippen LogP contribution is -2.48. The Morgan fingerprint density at radius 1 is 1.44 bits per heavy atom. The number of hydrogen-bond acceptors (Lipinski definition) is 5. The van der Waals surface area contributed by atoms with Gasteiger partial charge in [0.1, 0.15) is 0 Å². The van der Waals surface area contributed by atoms with E-state index >= 15 is 0 Å². The molecule has 1 unspecified atom stereocenters. The van der Waals surface area contributed by atoms with Crippen molar-refractivity contribution in [3.63, 3.8) is 0 Å². The number of aliphatic hydroxyl groups excluding tert-OH is 1. The van der Waals surface area contributed by atoms with E-state index in [2.05, 4.69) is 5.32 Å². The summed E-state index contributed by atoms with van der Waals surface area (Å²) in [4.78, 5) is 13.8. The maximum atomic E-state index is 12.1. The normalized spacial score (nSPS) is 31.5. The van der Waals surface area contributed by atoms with Gasteiger partial charge in [0, 0.05) is 25.6 Å². The molecule has 18 heavy (non-hydrogen) atoms. The monoisotopic (exact) mass is 276 g/mol. The first-order valence-corrected chi connectivity index (χ1v) is 8.18. The molecule has 2 aliphatic rings. The van der Waals surface area contributed by atoms with Crippen molar-refractivity contribution in [2.45, 2.75) is 31.3 Å². The van der Waals surface area contributed by atoms with Gasteiger partial charge in [-0.05, 0) is 12.8 Å². The number of nitrogens with one attached hydrogen (secondary N) is 1. The molecule has 0 spiro atoms. The Kier molecular flexibility index (Phi) is 4.24. The van der Waals surface area contributed by atoms with Crippen molar-refractivity contribution < 1.29 is 18.3 Å². The summed E-state index contributed by atoms with van der Waals surface area (Å²) in [6.45, 7) is 1.08. The van der Waals surface area contributed by atoms with Gasteiger partial charge < -0.3 is 15.3 Å². The van der Waals surface area contributed by atoms with E-state index in [1.165, 1.54) is 0 Å². The van der Waals surface area contributed by atoms with Crippen molar-refractivity contribution in [3.8, 4) is 0 Å². The highest BCUT2D eigenvalue weighted by Gasteiger charge is 2.32. The molecule has 2 rings (SSSR count). The van der Waals surface area contributed by atoms with E-state index in [1.54, 1.807) is 4.90 Å². The van der Waals surface area contributed by atoms with Crippen LogP contribution < -0.4 is 5.32 Å². The SMILES string of the molecule is O=C(CC1CS(=O)(=O)CCN1)N1CCC[C@H]1CO. The first-order valence-electron chi connectivity index (χ1n) is 6.36. The molecule has 7 heteroatoms. The van der Waals surface area contributed by atoms with Crippen LogP contribution in [0.1, 0.15) is 19.3 Å². The van der Waals surface area contributed by atoms with Crippen LogP contribution in [-0.4, -0.2) is 67.6 Å². The van der Waals surface area contributed by atoms with Gasteiger partial charge in [-0.15, -0.1) is 0 Å². The third-order valence-electron chi connectivity index (χ3n) is 3.63. The van der Waals surface area contributed by atoms with Crippen LogP contribution in [0.15, 0.2) is 0 Å². The zero-order valence-corrected chi connectivity index (χ0v) is 11.2. The quantitative estimate of drug-likeness (QED) is 0.672. The molecule has 104 valence electrons. The number of nitrogens with zero attached hydrogens (tertiary/aromatic N) is 1. The minimum atomic E-state index is -3.00. The predicted molar refractivity (Wildman–Crippen MR) is 66.9 cm³/mol. The maximum absolute atomic E-state index is 12.1. The van der Waals surface area contributed by atoms with Gasteiger partial charge in [-0.3, -0.25) is 4.79 Å². The lowest BCUT2D eigenvalue weighted by molar-refractivity contribution is -0.133. The van der Waals surface area contributed by atoms with Crippen molar-refractivity contribution in [3.05, 3.63) is 0 Å². The molecular formula is C11H20N2O4S. The van der Waals surface area contributed by atoms with E-state index in [-0.39, 0.29) is 42.5 Å². The molecule has 2 atom stereocenters. The zero-order chi connectivity index (χ0) is 13.2. The van der Waals surface area contributed by atoms with E-state index < -0.39 is 9.84 Å². The molecule has 2 saturated heterocycles. The summed E-state index contributed by atoms with van der Waals surface area (Å²) in [5.41, 5.74) is 0. The van der Waals surface area contributed by atoms with Crippen LogP contribution >= 0.6 is 0 Å². The number of hydrogen-bond donors (Lipinski definition) is 2. The van der Waals surface area contributed by atoms with Crippen LogP contribution in [0, 0.1) is 0 Å². The molecule has 0 bridgehead atoms. The second-order valence-electron chi connectivity index (χ2n) is 5.04. The standard InChI is InChI=1S/C11H20N2O4S/c14-7-10-2-1-4-13(10)11(15)6-9-8-18(16,17)5-3-12-9/h9-10,12,14H,1-8H2/t9?,10-/m0/s1. The molecule has 0 saturated carbocycles. The Morgan fingerprint density at radius 3 is 2.89 bits per heavy atom. The van der Waals surface area contributed by atoms with Gasteiger partial charge >= 0.3 is 0 Å². The first-order chi connectivity index (χ1) is 8.52. The lowest BCUT2D eigenvalue weighted by atomic mass is 10.2. The third kappa shape index (κ3) is 3.21. The van der Waals surface area contributed by atoms with Crippen LogP contribution in [0.4, 0.5) is 0 Å². The number of carbonyl (C=O) groups excluding carboxylic acids is 1. The number of rotatable bonds is 3. The first kappa shape index (κ1) is 13.8. The summed E-state index contributed by atoms with van der Waals surface area (Å²) in [7, 11) is -3.00. The fourth-order valence-electron chi connectivity index (χ4n) is 2.68. The van der Waals surface area contributed by atoms with Gasteiger partial charge in [-0.2, -0.15) is 0 Å². The average Bonchev–Trinajstić information content (AvgIpc) is 2.75. The van der Waals surface area contributed by atoms with Gasteiger partial charge in [-0.25, -0.2) is 8.42 Å². The number of sulfone groups is 1. The number of aliphatic hydroxyl groups is 1. The molecule has 2 fully saturated rings. The van der Waals surface area contributed by atoms with Crippen molar-refractivity contribution in [2.75, 3.05) is 31.2 Å². The van der Waals surface area contributed by atoms with Gasteiger partial charge in [0.15, 0.2) is 9.84 Å². The molecule has 1 amide bonds. The maximum Gasteiger partial charge on any atom is 0.224 e. The lowest BCUT2D eigenvalue weighted by Gasteiger charge is -2.28. The second kappa shape index (κ2) is 5.54. The minimum Gasteiger partial charge on any atom is -0.394 e. The van der Waals surface area contributed by atoms with Crippen LogP contribution in [0.25, 0.3) is 0 Å². The molecule has 2 heterocycles. The molecule has 0 aromatic rings. The summed E-state index contributed by atoms with van der Waals surface area (Å²) in [6, 6.07) is -0.367. The summed E-state index contributed by atoms with van der Waals surface area (Å²) < 4.78 is 23.0. The van der Waals surface area contributed by atoms with Gasteiger partial charge in [0.05, 0.1) is 24.2 Å². The summed E-state index contributed by atoms with van der Waals surface area (Å²) in [5.74, 6) is 0.137. The van der Waals surface area contributed by atoms with E-state index in [4.69, 9.17) is 5.11 Å². The number of carbonyl (C=O) groups is 1. The van der Waals surface area contributed by atoms with E-state index in [1.807, 2.05) is 0 Å². The number of likely N-dealkylation sites (tertiary alicyclic amines) is 1. The highest BCUT2D eigenvalue weighted by atomic mass is 32.2. The van der Waals surface area contributed by atoms with E-state index in [0.29, 0.717) is 13.1 Å². The van der Waals surface area contributed by atoms with Crippen molar-refractivity contribution in [1.29, 1.82) is 0 Å². The average molecular weight is 276 g/mol. The summed E-state index contributed by atoms with van der Waals surface area (Å²) >= 11 is 0. The van der Waals surface area contributed by atoms with E-state index in [0.717, 1.165) is 12.8 Å². The zero-order valence-electron chi connectivity index (χ0n) is 10.3. The summed E-state index contributed by atoms with van der Waals surface area (Å²) in [6.07, 6.45) is 1.95. The Bertz CT molecular complexity index is 409. The highest BCUT2D eigenvalue weighted by molar-refractivity contribution is 7.91. The predicted octanol–water partition coefficient (Wildman–Crippen LogP) is -1.25. The Hall–Kier alpha value is -0.660. The van der Waals surface area contributed by atoms with Crippen LogP contribution in [0.5, 0.6) is 0 Å². The van der Waals surface area contributed by atoms with Crippen LogP contribution in [0.3, 0.4) is 0 Å². The molecule has 6 nitrogen and oxygen atoms in total. The Labute approximate surface area is 107 Å². The number of amides is 1. The summed E-state index contributed by atoms with van der Waals surface area (Å²) in [5, 5.41) is 12.2. The van der Waals surface area contributed by atoms with Gasteiger partial charge in [-0.1, -0.05) is 0 Å². The van der Waals surface area contributed by atoms with Crippen molar-refractivity contribution >= 4 is 15.7 Å². The fourth-order valence-corrected chi connectivity index (χ4v) is 4.12. The second-order valence-corrected chi connectivity index (χ2v) is 7.26. The largest absolute Gasteiger partial charge is 0.394 e.